The van der Waals surface area contributed by atoms with Gasteiger partial charge in [0.2, 0.25) is 0 Å². The molecule has 1 aliphatic rings. The van der Waals surface area contributed by atoms with Gasteiger partial charge < -0.3 is 10.1 Å². The lowest BCUT2D eigenvalue weighted by atomic mass is 9.88. The number of benzene rings is 2. The van der Waals surface area contributed by atoms with Crippen LogP contribution in [-0.4, -0.2) is 18.5 Å². The Bertz CT molecular complexity index is 775. The van der Waals surface area contributed by atoms with Crippen LogP contribution in [0.25, 0.3) is 0 Å². The van der Waals surface area contributed by atoms with Crippen LogP contribution in [0.4, 0.5) is 0 Å². The topological polar surface area (TPSA) is 55.4 Å². The van der Waals surface area contributed by atoms with Gasteiger partial charge in [-0.25, -0.2) is 0 Å². The predicted molar refractivity (Wildman–Crippen MR) is 96.4 cm³/mol. The van der Waals surface area contributed by atoms with Crippen LogP contribution in [0, 0.1) is 0 Å². The van der Waals surface area contributed by atoms with Crippen LogP contribution in [0.5, 0.6) is 0 Å². The summed E-state index contributed by atoms with van der Waals surface area (Å²) in [6.07, 6.45) is 3.03. The smallest absolute Gasteiger partial charge is 0.310 e. The molecule has 130 valence electrons. The van der Waals surface area contributed by atoms with Gasteiger partial charge in [0, 0.05) is 5.02 Å². The van der Waals surface area contributed by atoms with Crippen LogP contribution in [0.3, 0.4) is 0 Å². The Kier molecular flexibility index (Phi) is 5.71. The van der Waals surface area contributed by atoms with E-state index in [-0.39, 0.29) is 25.0 Å². The van der Waals surface area contributed by atoms with Crippen molar-refractivity contribution in [2.24, 2.45) is 0 Å². The van der Waals surface area contributed by atoms with E-state index >= 15 is 0 Å². The maximum atomic E-state index is 12.1. The van der Waals surface area contributed by atoms with Gasteiger partial charge in [0.15, 0.2) is 6.61 Å². The van der Waals surface area contributed by atoms with Crippen molar-refractivity contribution in [1.82, 2.24) is 5.32 Å². The lowest BCUT2D eigenvalue weighted by Gasteiger charge is -2.26. The van der Waals surface area contributed by atoms with Crippen molar-refractivity contribution in [3.63, 3.8) is 0 Å². The first-order chi connectivity index (χ1) is 12.1. The van der Waals surface area contributed by atoms with E-state index in [1.165, 1.54) is 5.56 Å². The molecule has 0 saturated carbocycles. The zero-order chi connectivity index (χ0) is 17.6. The molecule has 0 fully saturated rings. The Morgan fingerprint density at radius 1 is 1.12 bits per heavy atom. The van der Waals surface area contributed by atoms with E-state index < -0.39 is 5.97 Å². The SMILES string of the molecule is O=C(COC(=O)Cc1ccccc1Cl)N[C@H]1CCCc2ccccc21. The van der Waals surface area contributed by atoms with E-state index in [0.717, 1.165) is 24.8 Å². The highest BCUT2D eigenvalue weighted by Crippen LogP contribution is 2.29. The fourth-order valence-corrected chi connectivity index (χ4v) is 3.34. The minimum absolute atomic E-state index is 0.0141. The number of amides is 1. The fraction of sp³-hybridized carbons (Fsp3) is 0.300. The minimum Gasteiger partial charge on any atom is -0.455 e. The Hall–Kier alpha value is -2.33. The second kappa shape index (κ2) is 8.17. The van der Waals surface area contributed by atoms with Crippen molar-refractivity contribution < 1.29 is 14.3 Å². The van der Waals surface area contributed by atoms with E-state index in [2.05, 4.69) is 11.4 Å². The van der Waals surface area contributed by atoms with Gasteiger partial charge in [-0.1, -0.05) is 54.1 Å². The molecule has 1 amide bonds. The third-order valence-corrected chi connectivity index (χ3v) is 4.73. The molecule has 1 aliphatic carbocycles. The molecule has 0 saturated heterocycles. The number of carbonyl (C=O) groups is 2. The molecule has 0 heterocycles. The van der Waals surface area contributed by atoms with Crippen LogP contribution >= 0.6 is 11.6 Å². The van der Waals surface area contributed by atoms with Crippen molar-refractivity contribution in [1.29, 1.82) is 0 Å². The number of esters is 1. The number of carbonyl (C=O) groups excluding carboxylic acids is 2. The monoisotopic (exact) mass is 357 g/mol. The molecular formula is C20H20ClNO3. The van der Waals surface area contributed by atoms with E-state index in [9.17, 15) is 9.59 Å². The summed E-state index contributed by atoms with van der Waals surface area (Å²) in [6.45, 7) is -0.276. The number of fused-ring (bicyclic) bond motifs is 1. The predicted octanol–water partition coefficient (Wildman–Crippen LogP) is 3.62. The van der Waals surface area contributed by atoms with Crippen molar-refractivity contribution in [3.05, 3.63) is 70.2 Å². The number of aryl methyl sites for hydroxylation is 1. The molecule has 5 heteroatoms. The standard InChI is InChI=1S/C20H20ClNO3/c21-17-10-4-2-7-15(17)12-20(24)25-13-19(23)22-18-11-5-8-14-6-1-3-9-16(14)18/h1-4,6-7,9-10,18H,5,8,11-13H2,(H,22,23)/t18-/m0/s1. The molecule has 25 heavy (non-hydrogen) atoms. The molecule has 2 aromatic rings. The molecule has 0 aromatic heterocycles. The lowest BCUT2D eigenvalue weighted by Crippen LogP contribution is -2.34. The van der Waals surface area contributed by atoms with Gasteiger partial charge in [-0.15, -0.1) is 0 Å². The second-order valence-electron chi connectivity index (χ2n) is 6.14. The first kappa shape index (κ1) is 17.5. The van der Waals surface area contributed by atoms with E-state index in [1.807, 2.05) is 24.3 Å². The van der Waals surface area contributed by atoms with Crippen LogP contribution in [0.15, 0.2) is 48.5 Å². The van der Waals surface area contributed by atoms with E-state index in [1.54, 1.807) is 18.2 Å². The summed E-state index contributed by atoms with van der Waals surface area (Å²) in [5.74, 6) is -0.749. The molecule has 1 N–H and O–H groups in total. The number of halogens is 1. The van der Waals surface area contributed by atoms with Gasteiger partial charge in [-0.2, -0.15) is 0 Å². The molecule has 2 aromatic carbocycles. The Labute approximate surface area is 152 Å². The normalized spacial score (nSPS) is 16.0. The largest absolute Gasteiger partial charge is 0.455 e. The average molecular weight is 358 g/mol. The molecular weight excluding hydrogens is 338 g/mol. The summed E-state index contributed by atoms with van der Waals surface area (Å²) in [4.78, 5) is 24.0. The van der Waals surface area contributed by atoms with Crippen LogP contribution in [-0.2, 0) is 27.2 Å². The van der Waals surface area contributed by atoms with Crippen LogP contribution in [0.2, 0.25) is 5.02 Å². The van der Waals surface area contributed by atoms with E-state index in [4.69, 9.17) is 16.3 Å². The molecule has 3 rings (SSSR count). The summed E-state index contributed by atoms with van der Waals surface area (Å²) in [5.41, 5.74) is 3.12. The van der Waals surface area contributed by atoms with Gasteiger partial charge in [-0.05, 0) is 42.0 Å². The van der Waals surface area contributed by atoms with Crippen molar-refractivity contribution >= 4 is 23.5 Å². The number of nitrogens with one attached hydrogen (secondary N) is 1. The Morgan fingerprint density at radius 3 is 2.72 bits per heavy atom. The lowest BCUT2D eigenvalue weighted by molar-refractivity contribution is -0.148. The third kappa shape index (κ3) is 4.60. The molecule has 0 bridgehead atoms. The van der Waals surface area contributed by atoms with Gasteiger partial charge in [0.05, 0.1) is 12.5 Å². The van der Waals surface area contributed by atoms with Gasteiger partial charge in [0.25, 0.3) is 5.91 Å². The minimum atomic E-state index is -0.465. The summed E-state index contributed by atoms with van der Waals surface area (Å²) >= 11 is 6.02. The van der Waals surface area contributed by atoms with Gasteiger partial charge >= 0.3 is 5.97 Å². The summed E-state index contributed by atoms with van der Waals surface area (Å²) in [6, 6.07) is 15.2. The Morgan fingerprint density at radius 2 is 1.88 bits per heavy atom. The highest BCUT2D eigenvalue weighted by atomic mass is 35.5. The Balaban J connectivity index is 1.50. The number of rotatable bonds is 5. The molecule has 0 spiro atoms. The first-order valence-corrected chi connectivity index (χ1v) is 8.77. The highest BCUT2D eigenvalue weighted by molar-refractivity contribution is 6.31. The third-order valence-electron chi connectivity index (χ3n) is 4.36. The summed E-state index contributed by atoms with van der Waals surface area (Å²) < 4.78 is 5.08. The highest BCUT2D eigenvalue weighted by Gasteiger charge is 2.21. The van der Waals surface area contributed by atoms with Crippen LogP contribution < -0.4 is 5.32 Å². The summed E-state index contributed by atoms with van der Waals surface area (Å²) in [5, 5.41) is 3.48. The van der Waals surface area contributed by atoms with Gasteiger partial charge in [-0.3, -0.25) is 9.59 Å². The van der Waals surface area contributed by atoms with Crippen LogP contribution in [0.1, 0.15) is 35.6 Å². The zero-order valence-corrected chi connectivity index (χ0v) is 14.6. The van der Waals surface area contributed by atoms with E-state index in [0.29, 0.717) is 10.6 Å². The maximum Gasteiger partial charge on any atom is 0.310 e. The van der Waals surface area contributed by atoms with Crippen molar-refractivity contribution in [3.8, 4) is 0 Å². The molecule has 1 atom stereocenters. The second-order valence-corrected chi connectivity index (χ2v) is 6.55. The van der Waals surface area contributed by atoms with Gasteiger partial charge in [0.1, 0.15) is 0 Å². The number of hydrogen-bond donors (Lipinski definition) is 1. The number of ether oxygens (including phenoxy) is 1. The molecule has 4 nitrogen and oxygen atoms in total. The number of hydrogen-bond acceptors (Lipinski definition) is 3. The average Bonchev–Trinajstić information content (AvgIpc) is 2.62. The molecule has 0 radical (unpaired) electrons. The first-order valence-electron chi connectivity index (χ1n) is 8.39. The fourth-order valence-electron chi connectivity index (χ4n) is 3.13. The molecule has 0 unspecified atom stereocenters. The maximum absolute atomic E-state index is 12.1. The van der Waals surface area contributed by atoms with Crippen molar-refractivity contribution in [2.75, 3.05) is 6.61 Å². The molecule has 0 aliphatic heterocycles. The van der Waals surface area contributed by atoms with Crippen molar-refractivity contribution in [2.45, 2.75) is 31.7 Å². The summed E-state index contributed by atoms with van der Waals surface area (Å²) in [7, 11) is 0. The zero-order valence-electron chi connectivity index (χ0n) is 13.8. The quantitative estimate of drug-likeness (QED) is 0.831.